The lowest BCUT2D eigenvalue weighted by molar-refractivity contribution is -0.141. The molecule has 7 nitrogen and oxygen atoms in total. The van der Waals surface area contributed by atoms with Crippen LogP contribution >= 0.6 is 11.3 Å². The second kappa shape index (κ2) is 6.27. The molecule has 6 rings (SSSR count). The molecule has 5 heterocycles. The summed E-state index contributed by atoms with van der Waals surface area (Å²) in [5.41, 5.74) is 1.35. The highest BCUT2D eigenvalue weighted by molar-refractivity contribution is 7.26. The first-order chi connectivity index (χ1) is 14.9. The SMILES string of the molecule is Cc1cc(C(F)(F)F)nc2sc3c(ncn4nc(-c5ccc6c(c5)OCCO6)nc34)c12. The van der Waals surface area contributed by atoms with Gasteiger partial charge in [-0.15, -0.1) is 16.4 Å². The summed E-state index contributed by atoms with van der Waals surface area (Å²) in [6.45, 7) is 2.59. The van der Waals surface area contributed by atoms with Gasteiger partial charge in [0.1, 0.15) is 34.8 Å². The zero-order chi connectivity index (χ0) is 21.3. The fourth-order valence-electron chi connectivity index (χ4n) is 3.66. The van der Waals surface area contributed by atoms with Crippen LogP contribution in [0.25, 0.3) is 37.5 Å². The number of aryl methyl sites for hydroxylation is 1. The Labute approximate surface area is 176 Å². The molecule has 0 fully saturated rings. The van der Waals surface area contributed by atoms with E-state index in [9.17, 15) is 13.2 Å². The topological polar surface area (TPSA) is 74.4 Å². The third-order valence-electron chi connectivity index (χ3n) is 5.06. The van der Waals surface area contributed by atoms with Gasteiger partial charge in [0.05, 0.1) is 5.52 Å². The summed E-state index contributed by atoms with van der Waals surface area (Å²) < 4.78 is 52.9. The maximum Gasteiger partial charge on any atom is 0.433 e. The lowest BCUT2D eigenvalue weighted by Gasteiger charge is -2.18. The Balaban J connectivity index is 1.55. The van der Waals surface area contributed by atoms with Crippen molar-refractivity contribution in [2.75, 3.05) is 13.2 Å². The summed E-state index contributed by atoms with van der Waals surface area (Å²) in [6.07, 6.45) is -3.01. The van der Waals surface area contributed by atoms with Gasteiger partial charge in [0.15, 0.2) is 23.0 Å². The molecule has 0 radical (unpaired) electrons. The number of pyridine rings is 1. The van der Waals surface area contributed by atoms with E-state index < -0.39 is 11.9 Å². The van der Waals surface area contributed by atoms with Crippen LogP contribution < -0.4 is 9.47 Å². The standard InChI is InChI=1S/C20H12F3N5O2S/c1-9-6-13(20(21,22)23)25-19-14(9)15-16(31-19)18-26-17(27-28(18)8-24-15)10-2-3-11-12(7-10)30-5-4-29-11/h2-3,6-8H,4-5H2,1H3. The third kappa shape index (κ3) is 2.80. The number of thiophene rings is 1. The van der Waals surface area contributed by atoms with E-state index in [4.69, 9.17) is 9.47 Å². The second-order valence-corrected chi connectivity index (χ2v) is 8.09. The molecule has 0 aliphatic carbocycles. The Morgan fingerprint density at radius 1 is 1.06 bits per heavy atom. The van der Waals surface area contributed by atoms with Crippen LogP contribution in [0.3, 0.4) is 0 Å². The van der Waals surface area contributed by atoms with Crippen molar-refractivity contribution < 1.29 is 22.6 Å². The Morgan fingerprint density at radius 3 is 2.68 bits per heavy atom. The molecule has 31 heavy (non-hydrogen) atoms. The molecule has 0 atom stereocenters. The minimum atomic E-state index is -4.52. The van der Waals surface area contributed by atoms with Crippen molar-refractivity contribution in [2.45, 2.75) is 13.1 Å². The largest absolute Gasteiger partial charge is 0.486 e. The van der Waals surface area contributed by atoms with Gasteiger partial charge >= 0.3 is 6.18 Å². The van der Waals surface area contributed by atoms with Crippen LogP contribution in [0.15, 0.2) is 30.6 Å². The summed E-state index contributed by atoms with van der Waals surface area (Å²) >= 11 is 1.13. The van der Waals surface area contributed by atoms with Crippen molar-refractivity contribution in [2.24, 2.45) is 0 Å². The summed E-state index contributed by atoms with van der Waals surface area (Å²) in [5.74, 6) is 1.73. The van der Waals surface area contributed by atoms with Crippen LogP contribution in [0.4, 0.5) is 13.2 Å². The molecule has 0 bridgehead atoms. The number of hydrogen-bond donors (Lipinski definition) is 0. The van der Waals surface area contributed by atoms with Gasteiger partial charge in [-0.2, -0.15) is 13.2 Å². The normalized spacial score (nSPS) is 14.1. The molecule has 0 amide bonds. The second-order valence-electron chi connectivity index (χ2n) is 7.09. The molecule has 1 aromatic carbocycles. The monoisotopic (exact) mass is 443 g/mol. The molecule has 1 aliphatic heterocycles. The summed E-state index contributed by atoms with van der Waals surface area (Å²) in [5, 5.41) is 5.08. The van der Waals surface area contributed by atoms with E-state index in [2.05, 4.69) is 20.1 Å². The number of hydrogen-bond acceptors (Lipinski definition) is 7. The molecule has 5 aromatic rings. The highest BCUT2D eigenvalue weighted by Gasteiger charge is 2.33. The molecular formula is C20H12F3N5O2S. The first-order valence-electron chi connectivity index (χ1n) is 9.31. The number of ether oxygens (including phenoxy) is 2. The highest BCUT2D eigenvalue weighted by atomic mass is 32.1. The summed E-state index contributed by atoms with van der Waals surface area (Å²) in [4.78, 5) is 13.2. The number of nitrogens with zero attached hydrogens (tertiary/aromatic N) is 5. The van der Waals surface area contributed by atoms with Crippen LogP contribution in [0.1, 0.15) is 11.3 Å². The Kier molecular flexibility index (Phi) is 3.70. The zero-order valence-corrected chi connectivity index (χ0v) is 16.7. The lowest BCUT2D eigenvalue weighted by Crippen LogP contribution is -2.15. The van der Waals surface area contributed by atoms with Crippen LogP contribution in [0, 0.1) is 6.92 Å². The average Bonchev–Trinajstić information content (AvgIpc) is 3.34. The van der Waals surface area contributed by atoms with Gasteiger partial charge in [-0.25, -0.2) is 19.5 Å². The van der Waals surface area contributed by atoms with E-state index in [1.807, 2.05) is 6.07 Å². The Hall–Kier alpha value is -3.47. The van der Waals surface area contributed by atoms with Gasteiger partial charge in [-0.1, -0.05) is 0 Å². The quantitative estimate of drug-likeness (QED) is 0.375. The lowest BCUT2D eigenvalue weighted by atomic mass is 10.1. The molecule has 4 aromatic heterocycles. The fourth-order valence-corrected chi connectivity index (χ4v) is 4.84. The van der Waals surface area contributed by atoms with Gasteiger partial charge in [-0.3, -0.25) is 0 Å². The van der Waals surface area contributed by atoms with Gasteiger partial charge in [0.25, 0.3) is 0 Å². The molecule has 0 N–H and O–H groups in total. The molecule has 1 aliphatic rings. The smallest absolute Gasteiger partial charge is 0.433 e. The molecular weight excluding hydrogens is 431 g/mol. The maximum absolute atomic E-state index is 13.2. The zero-order valence-electron chi connectivity index (χ0n) is 15.9. The number of fused-ring (bicyclic) bond motifs is 6. The van der Waals surface area contributed by atoms with Crippen molar-refractivity contribution in [3.63, 3.8) is 0 Å². The summed E-state index contributed by atoms with van der Waals surface area (Å²) in [6, 6.07) is 6.48. The van der Waals surface area contributed by atoms with E-state index in [0.717, 1.165) is 23.0 Å². The van der Waals surface area contributed by atoms with Crippen molar-refractivity contribution in [3.05, 3.63) is 41.9 Å². The minimum Gasteiger partial charge on any atom is -0.486 e. The number of rotatable bonds is 1. The molecule has 0 saturated carbocycles. The Bertz CT molecular complexity index is 1510. The molecule has 0 unspecified atom stereocenters. The minimum absolute atomic E-state index is 0.270. The maximum atomic E-state index is 13.2. The number of aromatic nitrogens is 5. The Morgan fingerprint density at radius 2 is 1.87 bits per heavy atom. The predicted molar refractivity (Wildman–Crippen MR) is 108 cm³/mol. The molecule has 156 valence electrons. The van der Waals surface area contributed by atoms with E-state index in [0.29, 0.717) is 57.4 Å². The van der Waals surface area contributed by atoms with Crippen LogP contribution in [-0.4, -0.2) is 37.8 Å². The van der Waals surface area contributed by atoms with Crippen molar-refractivity contribution in [3.8, 4) is 22.9 Å². The fraction of sp³-hybridized carbons (Fsp3) is 0.200. The van der Waals surface area contributed by atoms with Crippen LogP contribution in [0.2, 0.25) is 0 Å². The van der Waals surface area contributed by atoms with E-state index in [-0.39, 0.29) is 4.83 Å². The van der Waals surface area contributed by atoms with Gasteiger partial charge < -0.3 is 9.47 Å². The number of benzene rings is 1. The molecule has 0 saturated heterocycles. The van der Waals surface area contributed by atoms with Crippen molar-refractivity contribution >= 4 is 37.4 Å². The van der Waals surface area contributed by atoms with Gasteiger partial charge in [0, 0.05) is 10.9 Å². The van der Waals surface area contributed by atoms with Crippen molar-refractivity contribution in [1.29, 1.82) is 0 Å². The molecule has 11 heteroatoms. The highest BCUT2D eigenvalue weighted by Crippen LogP contribution is 2.39. The van der Waals surface area contributed by atoms with E-state index in [1.165, 1.54) is 10.8 Å². The van der Waals surface area contributed by atoms with Crippen LogP contribution in [0.5, 0.6) is 11.5 Å². The van der Waals surface area contributed by atoms with E-state index >= 15 is 0 Å². The first-order valence-corrected chi connectivity index (χ1v) is 10.1. The predicted octanol–water partition coefficient (Wildman–Crippen LogP) is 4.65. The number of alkyl halides is 3. The van der Waals surface area contributed by atoms with E-state index in [1.54, 1.807) is 19.1 Å². The van der Waals surface area contributed by atoms with Gasteiger partial charge in [-0.05, 0) is 36.8 Å². The third-order valence-corrected chi connectivity index (χ3v) is 6.12. The average molecular weight is 443 g/mol. The van der Waals surface area contributed by atoms with Crippen LogP contribution in [-0.2, 0) is 6.18 Å². The van der Waals surface area contributed by atoms with Gasteiger partial charge in [0.2, 0.25) is 0 Å². The first kappa shape index (κ1) is 18.3. The summed E-state index contributed by atoms with van der Waals surface area (Å²) in [7, 11) is 0. The molecule has 0 spiro atoms. The van der Waals surface area contributed by atoms with Crippen molar-refractivity contribution in [1.82, 2.24) is 24.6 Å². The number of halogens is 3.